The molecule has 0 saturated heterocycles. The Bertz CT molecular complexity index is 435. The van der Waals surface area contributed by atoms with E-state index in [2.05, 4.69) is 9.97 Å². The second kappa shape index (κ2) is 4.90. The van der Waals surface area contributed by atoms with Crippen molar-refractivity contribution in [1.82, 2.24) is 14.5 Å². The molecule has 0 spiro atoms. The lowest BCUT2D eigenvalue weighted by Crippen LogP contribution is -2.12. The fourth-order valence-electron chi connectivity index (χ4n) is 1.68. The molecule has 1 atom stereocenters. The van der Waals surface area contributed by atoms with Gasteiger partial charge in [0.2, 0.25) is 0 Å². The van der Waals surface area contributed by atoms with E-state index < -0.39 is 0 Å². The lowest BCUT2D eigenvalue weighted by atomic mass is 10.1. The first-order valence-electron chi connectivity index (χ1n) is 5.39. The summed E-state index contributed by atoms with van der Waals surface area (Å²) in [5.41, 5.74) is 7.16. The summed E-state index contributed by atoms with van der Waals surface area (Å²) in [6.45, 7) is 0. The Morgan fingerprint density at radius 3 is 2.94 bits per heavy atom. The van der Waals surface area contributed by atoms with Crippen molar-refractivity contribution in [2.24, 2.45) is 12.8 Å². The second-order valence-electron chi connectivity index (χ2n) is 3.89. The summed E-state index contributed by atoms with van der Waals surface area (Å²) in [5.74, 6) is 1.07. The Kier molecular flexibility index (Phi) is 3.31. The second-order valence-corrected chi connectivity index (χ2v) is 3.89. The molecule has 16 heavy (non-hydrogen) atoms. The van der Waals surface area contributed by atoms with Gasteiger partial charge in [-0.2, -0.15) is 0 Å². The van der Waals surface area contributed by atoms with Crippen molar-refractivity contribution in [1.29, 1.82) is 0 Å². The minimum Gasteiger partial charge on any atom is -0.338 e. The summed E-state index contributed by atoms with van der Waals surface area (Å²) in [6.07, 6.45) is 9.12. The highest BCUT2D eigenvalue weighted by Crippen LogP contribution is 2.14. The third kappa shape index (κ3) is 2.46. The first-order valence-corrected chi connectivity index (χ1v) is 5.39. The molecule has 4 heteroatoms. The smallest absolute Gasteiger partial charge is 0.108 e. The van der Waals surface area contributed by atoms with Crippen LogP contribution in [0.4, 0.5) is 0 Å². The van der Waals surface area contributed by atoms with E-state index in [4.69, 9.17) is 5.73 Å². The zero-order valence-corrected chi connectivity index (χ0v) is 9.37. The van der Waals surface area contributed by atoms with Gasteiger partial charge in [-0.15, -0.1) is 0 Å². The van der Waals surface area contributed by atoms with Crippen LogP contribution in [0.25, 0.3) is 0 Å². The van der Waals surface area contributed by atoms with Crippen molar-refractivity contribution in [2.45, 2.75) is 18.9 Å². The van der Waals surface area contributed by atoms with Crippen molar-refractivity contribution in [3.63, 3.8) is 0 Å². The Labute approximate surface area is 95.1 Å². The van der Waals surface area contributed by atoms with Gasteiger partial charge in [0.25, 0.3) is 0 Å². The lowest BCUT2D eigenvalue weighted by molar-refractivity contribution is 0.619. The standard InChI is InChI=1S/C12H16N4/c1-16-8-7-15-12(16)5-4-11(13)10-3-2-6-14-9-10/h2-3,6-9,11H,4-5,13H2,1H3. The number of nitrogens with two attached hydrogens (primary N) is 1. The summed E-state index contributed by atoms with van der Waals surface area (Å²) in [6, 6.07) is 3.96. The Morgan fingerprint density at radius 1 is 1.44 bits per heavy atom. The maximum atomic E-state index is 6.08. The van der Waals surface area contributed by atoms with Gasteiger partial charge in [-0.05, 0) is 18.1 Å². The molecule has 0 aromatic carbocycles. The quantitative estimate of drug-likeness (QED) is 0.841. The van der Waals surface area contributed by atoms with Gasteiger partial charge >= 0.3 is 0 Å². The molecule has 0 aliphatic carbocycles. The number of aromatic nitrogens is 3. The molecule has 2 aromatic heterocycles. The SMILES string of the molecule is Cn1ccnc1CCC(N)c1cccnc1. The van der Waals surface area contributed by atoms with E-state index in [1.54, 1.807) is 6.20 Å². The van der Waals surface area contributed by atoms with Crippen molar-refractivity contribution in [3.8, 4) is 0 Å². The molecular formula is C12H16N4. The van der Waals surface area contributed by atoms with Gasteiger partial charge in [0.05, 0.1) is 0 Å². The predicted molar refractivity (Wildman–Crippen MR) is 62.7 cm³/mol. The van der Waals surface area contributed by atoms with Crippen LogP contribution in [0.1, 0.15) is 23.9 Å². The monoisotopic (exact) mass is 216 g/mol. The maximum absolute atomic E-state index is 6.08. The molecule has 1 unspecified atom stereocenters. The van der Waals surface area contributed by atoms with Crippen LogP contribution < -0.4 is 5.73 Å². The normalized spacial score (nSPS) is 12.6. The zero-order chi connectivity index (χ0) is 11.4. The maximum Gasteiger partial charge on any atom is 0.108 e. The molecule has 0 saturated carbocycles. The van der Waals surface area contributed by atoms with Crippen LogP contribution in [0.2, 0.25) is 0 Å². The van der Waals surface area contributed by atoms with E-state index in [1.807, 2.05) is 42.3 Å². The Balaban J connectivity index is 1.94. The summed E-state index contributed by atoms with van der Waals surface area (Å²) >= 11 is 0. The molecule has 2 rings (SSSR count). The van der Waals surface area contributed by atoms with Gasteiger partial charge in [0.1, 0.15) is 5.82 Å². The first-order chi connectivity index (χ1) is 7.77. The highest BCUT2D eigenvalue weighted by molar-refractivity contribution is 5.13. The number of hydrogen-bond acceptors (Lipinski definition) is 3. The van der Waals surface area contributed by atoms with E-state index >= 15 is 0 Å². The van der Waals surface area contributed by atoms with Crippen LogP contribution in [0, 0.1) is 0 Å². The molecule has 0 radical (unpaired) electrons. The van der Waals surface area contributed by atoms with Gasteiger partial charge in [0, 0.05) is 44.3 Å². The molecule has 4 nitrogen and oxygen atoms in total. The van der Waals surface area contributed by atoms with Crippen LogP contribution in [0.3, 0.4) is 0 Å². The topological polar surface area (TPSA) is 56.7 Å². The molecule has 0 aliphatic heterocycles. The van der Waals surface area contributed by atoms with Crippen LogP contribution in [0.15, 0.2) is 36.9 Å². The van der Waals surface area contributed by atoms with Crippen LogP contribution in [-0.4, -0.2) is 14.5 Å². The Morgan fingerprint density at radius 2 is 2.31 bits per heavy atom. The van der Waals surface area contributed by atoms with Crippen molar-refractivity contribution in [2.75, 3.05) is 0 Å². The highest BCUT2D eigenvalue weighted by atomic mass is 15.0. The molecule has 0 fully saturated rings. The van der Waals surface area contributed by atoms with E-state index in [9.17, 15) is 0 Å². The highest BCUT2D eigenvalue weighted by Gasteiger charge is 2.07. The minimum atomic E-state index is 0.0328. The average molecular weight is 216 g/mol. The fourth-order valence-corrected chi connectivity index (χ4v) is 1.68. The molecule has 0 amide bonds. The zero-order valence-electron chi connectivity index (χ0n) is 9.37. The fraction of sp³-hybridized carbons (Fsp3) is 0.333. The summed E-state index contributed by atoms with van der Waals surface area (Å²) < 4.78 is 2.02. The largest absolute Gasteiger partial charge is 0.338 e. The molecule has 0 aliphatic rings. The molecule has 2 N–H and O–H groups in total. The van der Waals surface area contributed by atoms with Crippen LogP contribution in [0.5, 0.6) is 0 Å². The number of aryl methyl sites for hydroxylation is 2. The summed E-state index contributed by atoms with van der Waals surface area (Å²) in [7, 11) is 2.00. The predicted octanol–water partition coefficient (Wildman–Crippen LogP) is 1.45. The number of nitrogens with zero attached hydrogens (tertiary/aromatic N) is 3. The average Bonchev–Trinajstić information content (AvgIpc) is 2.73. The summed E-state index contributed by atoms with van der Waals surface area (Å²) in [4.78, 5) is 8.34. The number of pyridine rings is 1. The van der Waals surface area contributed by atoms with Crippen LogP contribution in [-0.2, 0) is 13.5 Å². The summed E-state index contributed by atoms with van der Waals surface area (Å²) in [5, 5.41) is 0. The van der Waals surface area contributed by atoms with E-state index in [0.29, 0.717) is 0 Å². The first kappa shape index (κ1) is 10.8. The molecule has 0 bridgehead atoms. The molecular weight excluding hydrogens is 200 g/mol. The Hall–Kier alpha value is -1.68. The van der Waals surface area contributed by atoms with Crippen molar-refractivity contribution in [3.05, 3.63) is 48.3 Å². The number of rotatable bonds is 4. The molecule has 2 aromatic rings. The number of imidazole rings is 1. The van der Waals surface area contributed by atoms with Gasteiger partial charge in [0.15, 0.2) is 0 Å². The van der Waals surface area contributed by atoms with E-state index in [-0.39, 0.29) is 6.04 Å². The van der Waals surface area contributed by atoms with Gasteiger partial charge < -0.3 is 10.3 Å². The number of hydrogen-bond donors (Lipinski definition) is 1. The lowest BCUT2D eigenvalue weighted by Gasteiger charge is -2.10. The van der Waals surface area contributed by atoms with Gasteiger partial charge in [-0.25, -0.2) is 4.98 Å². The van der Waals surface area contributed by atoms with Gasteiger partial charge in [-0.3, -0.25) is 4.98 Å². The van der Waals surface area contributed by atoms with Gasteiger partial charge in [-0.1, -0.05) is 6.07 Å². The van der Waals surface area contributed by atoms with Crippen LogP contribution >= 0.6 is 0 Å². The third-order valence-corrected chi connectivity index (χ3v) is 2.71. The minimum absolute atomic E-state index is 0.0328. The van der Waals surface area contributed by atoms with E-state index in [0.717, 1.165) is 24.2 Å². The third-order valence-electron chi connectivity index (χ3n) is 2.71. The molecule has 84 valence electrons. The molecule has 2 heterocycles. The van der Waals surface area contributed by atoms with Crippen molar-refractivity contribution < 1.29 is 0 Å². The van der Waals surface area contributed by atoms with Crippen molar-refractivity contribution >= 4 is 0 Å². The van der Waals surface area contributed by atoms with E-state index in [1.165, 1.54) is 0 Å².